The van der Waals surface area contributed by atoms with Crippen molar-refractivity contribution >= 4 is 15.9 Å². The van der Waals surface area contributed by atoms with Crippen LogP contribution < -0.4 is 4.74 Å². The Balaban J connectivity index is 2.42. The fourth-order valence-electron chi connectivity index (χ4n) is 2.08. The minimum absolute atomic E-state index is 0.758. The van der Waals surface area contributed by atoms with Crippen molar-refractivity contribution < 1.29 is 4.74 Å². The number of halogens is 1. The molecule has 0 saturated carbocycles. The fourth-order valence-corrected chi connectivity index (χ4v) is 2.65. The average molecular weight is 255 g/mol. The van der Waals surface area contributed by atoms with E-state index in [1.54, 1.807) is 0 Å². The maximum Gasteiger partial charge on any atom is 0.122 e. The van der Waals surface area contributed by atoms with E-state index in [-0.39, 0.29) is 0 Å². The third kappa shape index (κ3) is 1.81. The highest BCUT2D eigenvalue weighted by molar-refractivity contribution is 9.10. The number of fused-ring (bicyclic) bond motifs is 1. The second-order valence-corrected chi connectivity index (χ2v) is 4.50. The first kappa shape index (κ1) is 10.0. The second-order valence-electron chi connectivity index (χ2n) is 3.64. The van der Waals surface area contributed by atoms with E-state index in [1.165, 1.54) is 41.3 Å². The zero-order valence-electron chi connectivity index (χ0n) is 8.48. The number of hydrogen-bond acceptors (Lipinski definition) is 1. The number of rotatable bonds is 2. The smallest absolute Gasteiger partial charge is 0.122 e. The van der Waals surface area contributed by atoms with Gasteiger partial charge >= 0.3 is 0 Å². The number of benzene rings is 1. The second kappa shape index (κ2) is 4.35. The lowest BCUT2D eigenvalue weighted by molar-refractivity contribution is 0.334. The number of hydrogen-bond donors (Lipinski definition) is 0. The zero-order chi connectivity index (χ0) is 9.97. The lowest BCUT2D eigenvalue weighted by Gasteiger charge is -2.20. The topological polar surface area (TPSA) is 9.23 Å². The standard InChI is InChI=1S/C12H15BrO/c1-2-14-12-8-7-11(13)9-5-3-4-6-10(9)12/h7-8H,2-6H2,1H3. The van der Waals surface area contributed by atoms with Gasteiger partial charge in [-0.3, -0.25) is 0 Å². The Kier molecular flexibility index (Phi) is 3.12. The van der Waals surface area contributed by atoms with Crippen LogP contribution in [0.5, 0.6) is 5.75 Å². The highest BCUT2D eigenvalue weighted by atomic mass is 79.9. The molecule has 1 aromatic rings. The van der Waals surface area contributed by atoms with Crippen molar-refractivity contribution in [2.45, 2.75) is 32.6 Å². The van der Waals surface area contributed by atoms with Crippen LogP contribution in [0.25, 0.3) is 0 Å². The molecule has 0 N–H and O–H groups in total. The Morgan fingerprint density at radius 1 is 1.21 bits per heavy atom. The Morgan fingerprint density at radius 2 is 1.93 bits per heavy atom. The third-order valence-corrected chi connectivity index (χ3v) is 3.48. The molecule has 0 radical (unpaired) electrons. The van der Waals surface area contributed by atoms with Crippen LogP contribution in [0.1, 0.15) is 30.9 Å². The maximum atomic E-state index is 5.64. The van der Waals surface area contributed by atoms with Gasteiger partial charge in [-0.2, -0.15) is 0 Å². The van der Waals surface area contributed by atoms with Crippen molar-refractivity contribution in [1.82, 2.24) is 0 Å². The van der Waals surface area contributed by atoms with E-state index in [1.807, 2.05) is 6.92 Å². The average Bonchev–Trinajstić information content (AvgIpc) is 2.23. The molecule has 1 aliphatic rings. The molecule has 0 unspecified atom stereocenters. The SMILES string of the molecule is CCOc1ccc(Br)c2c1CCCC2. The molecule has 0 heterocycles. The van der Waals surface area contributed by atoms with Crippen LogP contribution in [-0.4, -0.2) is 6.61 Å². The van der Waals surface area contributed by atoms with Crippen LogP contribution in [-0.2, 0) is 12.8 Å². The summed E-state index contributed by atoms with van der Waals surface area (Å²) in [7, 11) is 0. The Labute approximate surface area is 93.6 Å². The maximum absolute atomic E-state index is 5.64. The van der Waals surface area contributed by atoms with Crippen molar-refractivity contribution in [2.24, 2.45) is 0 Å². The predicted octanol–water partition coefficient (Wildman–Crippen LogP) is 3.73. The van der Waals surface area contributed by atoms with Gasteiger partial charge in [0.25, 0.3) is 0 Å². The van der Waals surface area contributed by atoms with Gasteiger partial charge in [-0.25, -0.2) is 0 Å². The lowest BCUT2D eigenvalue weighted by Crippen LogP contribution is -2.06. The van der Waals surface area contributed by atoms with Crippen molar-refractivity contribution in [3.63, 3.8) is 0 Å². The molecule has 0 fully saturated rings. The normalized spacial score (nSPS) is 15.0. The van der Waals surface area contributed by atoms with Gasteiger partial charge in [0.2, 0.25) is 0 Å². The van der Waals surface area contributed by atoms with Crippen LogP contribution in [0, 0.1) is 0 Å². The van der Waals surface area contributed by atoms with Gasteiger partial charge in [-0.1, -0.05) is 15.9 Å². The van der Waals surface area contributed by atoms with Gasteiger partial charge in [0.1, 0.15) is 5.75 Å². The van der Waals surface area contributed by atoms with Gasteiger partial charge in [0.05, 0.1) is 6.61 Å². The number of ether oxygens (including phenoxy) is 1. The van der Waals surface area contributed by atoms with Gasteiger partial charge in [-0.05, 0) is 55.9 Å². The summed E-state index contributed by atoms with van der Waals surface area (Å²) in [5.74, 6) is 1.09. The molecule has 0 atom stereocenters. The first-order valence-electron chi connectivity index (χ1n) is 5.26. The van der Waals surface area contributed by atoms with E-state index in [9.17, 15) is 0 Å². The van der Waals surface area contributed by atoms with E-state index in [0.717, 1.165) is 12.4 Å². The molecule has 1 nitrogen and oxygen atoms in total. The molecule has 14 heavy (non-hydrogen) atoms. The summed E-state index contributed by atoms with van der Waals surface area (Å²) in [6.07, 6.45) is 4.96. The first-order valence-corrected chi connectivity index (χ1v) is 6.05. The Bertz CT molecular complexity index is 333. The van der Waals surface area contributed by atoms with Gasteiger partial charge in [0, 0.05) is 4.47 Å². The predicted molar refractivity (Wildman–Crippen MR) is 62.0 cm³/mol. The molecule has 0 bridgehead atoms. The summed E-state index contributed by atoms with van der Waals surface area (Å²) in [4.78, 5) is 0. The largest absolute Gasteiger partial charge is 0.494 e. The summed E-state index contributed by atoms with van der Waals surface area (Å²) in [6, 6.07) is 4.19. The van der Waals surface area contributed by atoms with Crippen LogP contribution in [0.3, 0.4) is 0 Å². The van der Waals surface area contributed by atoms with E-state index in [4.69, 9.17) is 4.74 Å². The Hall–Kier alpha value is -0.500. The summed E-state index contributed by atoms with van der Waals surface area (Å²) in [5.41, 5.74) is 2.88. The molecule has 0 saturated heterocycles. The summed E-state index contributed by atoms with van der Waals surface area (Å²) in [6.45, 7) is 2.80. The quantitative estimate of drug-likeness (QED) is 0.782. The first-order chi connectivity index (χ1) is 6.83. The van der Waals surface area contributed by atoms with Crippen LogP contribution in [0.2, 0.25) is 0 Å². The molecule has 2 heteroatoms. The third-order valence-electron chi connectivity index (χ3n) is 2.73. The molecular formula is C12H15BrO. The van der Waals surface area contributed by atoms with E-state index in [0.29, 0.717) is 0 Å². The fraction of sp³-hybridized carbons (Fsp3) is 0.500. The summed E-state index contributed by atoms with van der Waals surface area (Å²) < 4.78 is 6.88. The van der Waals surface area contributed by atoms with Crippen molar-refractivity contribution in [2.75, 3.05) is 6.61 Å². The van der Waals surface area contributed by atoms with Crippen LogP contribution in [0.4, 0.5) is 0 Å². The summed E-state index contributed by atoms with van der Waals surface area (Å²) >= 11 is 3.61. The Morgan fingerprint density at radius 3 is 2.64 bits per heavy atom. The molecule has 0 amide bonds. The van der Waals surface area contributed by atoms with Crippen LogP contribution in [0.15, 0.2) is 16.6 Å². The lowest BCUT2D eigenvalue weighted by atomic mass is 9.91. The highest BCUT2D eigenvalue weighted by Gasteiger charge is 2.16. The minimum atomic E-state index is 0.758. The molecule has 0 aliphatic heterocycles. The molecule has 76 valence electrons. The van der Waals surface area contributed by atoms with E-state index < -0.39 is 0 Å². The molecule has 1 aliphatic carbocycles. The monoisotopic (exact) mass is 254 g/mol. The van der Waals surface area contributed by atoms with E-state index in [2.05, 4.69) is 28.1 Å². The minimum Gasteiger partial charge on any atom is -0.494 e. The van der Waals surface area contributed by atoms with Crippen molar-refractivity contribution in [1.29, 1.82) is 0 Å². The molecular weight excluding hydrogens is 240 g/mol. The summed E-state index contributed by atoms with van der Waals surface area (Å²) in [5, 5.41) is 0. The molecule has 1 aromatic carbocycles. The molecule has 0 aromatic heterocycles. The van der Waals surface area contributed by atoms with Crippen molar-refractivity contribution in [3.8, 4) is 5.75 Å². The molecule has 0 spiro atoms. The highest BCUT2D eigenvalue weighted by Crippen LogP contribution is 2.34. The van der Waals surface area contributed by atoms with Gasteiger partial charge in [0.15, 0.2) is 0 Å². The molecule has 2 rings (SSSR count). The van der Waals surface area contributed by atoms with Crippen LogP contribution >= 0.6 is 15.9 Å². The van der Waals surface area contributed by atoms with Gasteiger partial charge in [-0.15, -0.1) is 0 Å². The van der Waals surface area contributed by atoms with Crippen molar-refractivity contribution in [3.05, 3.63) is 27.7 Å². The zero-order valence-corrected chi connectivity index (χ0v) is 10.1. The van der Waals surface area contributed by atoms with E-state index >= 15 is 0 Å². The van der Waals surface area contributed by atoms with Gasteiger partial charge < -0.3 is 4.74 Å².